The van der Waals surface area contributed by atoms with E-state index in [1.807, 2.05) is 49.4 Å². The number of nitrogens with zero attached hydrogens (tertiary/aromatic N) is 1. The lowest BCUT2D eigenvalue weighted by molar-refractivity contribution is 0.198. The Morgan fingerprint density at radius 3 is 2.72 bits per heavy atom. The quantitative estimate of drug-likeness (QED) is 0.897. The van der Waals surface area contributed by atoms with Crippen LogP contribution in [0.2, 0.25) is 0 Å². The normalized spacial score (nSPS) is 12.2. The summed E-state index contributed by atoms with van der Waals surface area (Å²) < 4.78 is 5.66. The third-order valence-electron chi connectivity index (χ3n) is 2.67. The molecule has 0 aliphatic heterocycles. The lowest BCUT2D eigenvalue weighted by Crippen LogP contribution is -2.00. The van der Waals surface area contributed by atoms with Gasteiger partial charge in [0.25, 0.3) is 0 Å². The van der Waals surface area contributed by atoms with Gasteiger partial charge in [-0.25, -0.2) is 0 Å². The van der Waals surface area contributed by atoms with Gasteiger partial charge in [-0.2, -0.15) is 0 Å². The largest absolute Gasteiger partial charge is 0.487 e. The molecule has 94 valence electrons. The molecule has 0 aliphatic rings. The molecule has 18 heavy (non-hydrogen) atoms. The number of aliphatic hydroxyl groups excluding tert-OH is 1. The fourth-order valence-corrected chi connectivity index (χ4v) is 1.70. The number of pyridine rings is 1. The van der Waals surface area contributed by atoms with Gasteiger partial charge in [-0.15, -0.1) is 0 Å². The summed E-state index contributed by atoms with van der Waals surface area (Å²) in [5, 5.41) is 9.50. The molecule has 3 heteroatoms. The van der Waals surface area contributed by atoms with Crippen LogP contribution in [-0.4, -0.2) is 10.1 Å². The predicted molar refractivity (Wildman–Crippen MR) is 70.4 cm³/mol. The summed E-state index contributed by atoms with van der Waals surface area (Å²) in [6.07, 6.45) is -0.481. The van der Waals surface area contributed by atoms with Gasteiger partial charge in [-0.1, -0.05) is 18.2 Å². The number of benzene rings is 1. The summed E-state index contributed by atoms with van der Waals surface area (Å²) in [5.41, 5.74) is 2.73. The molecule has 0 aliphatic carbocycles. The smallest absolute Gasteiger partial charge is 0.130 e. The summed E-state index contributed by atoms with van der Waals surface area (Å²) in [4.78, 5) is 4.37. The number of aromatic nitrogens is 1. The van der Waals surface area contributed by atoms with E-state index < -0.39 is 6.10 Å². The third kappa shape index (κ3) is 3.31. The lowest BCUT2D eigenvalue weighted by atomic mass is 10.1. The maximum absolute atomic E-state index is 9.50. The zero-order valence-corrected chi connectivity index (χ0v) is 10.6. The SMILES string of the molecule is Cc1cccc(COc2cccc([C@@H](C)O)c2)n1. The predicted octanol–water partition coefficient (Wildman–Crippen LogP) is 3.02. The van der Waals surface area contributed by atoms with Crippen LogP contribution in [0.4, 0.5) is 0 Å². The van der Waals surface area contributed by atoms with Crippen molar-refractivity contribution in [3.63, 3.8) is 0 Å². The summed E-state index contributed by atoms with van der Waals surface area (Å²) in [6, 6.07) is 13.3. The Balaban J connectivity index is 2.04. The average Bonchev–Trinajstić information content (AvgIpc) is 2.37. The van der Waals surface area contributed by atoms with Gasteiger partial charge in [0.1, 0.15) is 12.4 Å². The first-order valence-corrected chi connectivity index (χ1v) is 5.98. The zero-order valence-electron chi connectivity index (χ0n) is 10.6. The van der Waals surface area contributed by atoms with Crippen LogP contribution < -0.4 is 4.74 Å². The Morgan fingerprint density at radius 2 is 2.00 bits per heavy atom. The Kier molecular flexibility index (Phi) is 3.95. The van der Waals surface area contributed by atoms with E-state index in [-0.39, 0.29) is 0 Å². The molecular formula is C15H17NO2. The van der Waals surface area contributed by atoms with E-state index in [4.69, 9.17) is 4.74 Å². The fraction of sp³-hybridized carbons (Fsp3) is 0.267. The maximum Gasteiger partial charge on any atom is 0.130 e. The monoisotopic (exact) mass is 243 g/mol. The van der Waals surface area contributed by atoms with Crippen molar-refractivity contribution < 1.29 is 9.84 Å². The van der Waals surface area contributed by atoms with E-state index in [0.29, 0.717) is 6.61 Å². The second kappa shape index (κ2) is 5.65. The molecule has 2 aromatic rings. The summed E-state index contributed by atoms with van der Waals surface area (Å²) in [6.45, 7) is 4.13. The topological polar surface area (TPSA) is 42.4 Å². The second-order valence-electron chi connectivity index (χ2n) is 4.31. The van der Waals surface area contributed by atoms with E-state index in [9.17, 15) is 5.11 Å². The highest BCUT2D eigenvalue weighted by Crippen LogP contribution is 2.19. The summed E-state index contributed by atoms with van der Waals surface area (Å²) in [7, 11) is 0. The molecule has 1 N–H and O–H groups in total. The number of rotatable bonds is 4. The van der Waals surface area contributed by atoms with Crippen LogP contribution in [0.1, 0.15) is 30.0 Å². The lowest BCUT2D eigenvalue weighted by Gasteiger charge is -2.09. The van der Waals surface area contributed by atoms with Gasteiger partial charge in [0.2, 0.25) is 0 Å². The Labute approximate surface area is 107 Å². The molecule has 2 rings (SSSR count). The molecule has 0 radical (unpaired) electrons. The third-order valence-corrected chi connectivity index (χ3v) is 2.67. The van der Waals surface area contributed by atoms with Crippen molar-refractivity contribution in [2.75, 3.05) is 0 Å². The highest BCUT2D eigenvalue weighted by molar-refractivity contribution is 5.29. The van der Waals surface area contributed by atoms with Gasteiger partial charge in [0, 0.05) is 5.69 Å². The number of aryl methyl sites for hydroxylation is 1. The minimum absolute atomic E-state index is 0.435. The Bertz CT molecular complexity index is 523. The second-order valence-corrected chi connectivity index (χ2v) is 4.31. The summed E-state index contributed by atoms with van der Waals surface area (Å²) in [5.74, 6) is 0.747. The molecule has 0 saturated heterocycles. The average molecular weight is 243 g/mol. The van der Waals surface area contributed by atoms with E-state index in [1.165, 1.54) is 0 Å². The molecule has 0 spiro atoms. The number of ether oxygens (including phenoxy) is 1. The van der Waals surface area contributed by atoms with Crippen LogP contribution in [0.25, 0.3) is 0 Å². The molecule has 1 aromatic heterocycles. The number of hydrogen-bond donors (Lipinski definition) is 1. The van der Waals surface area contributed by atoms with Crippen molar-refractivity contribution in [1.29, 1.82) is 0 Å². The molecule has 0 saturated carbocycles. The van der Waals surface area contributed by atoms with E-state index >= 15 is 0 Å². The van der Waals surface area contributed by atoms with Crippen molar-refractivity contribution in [3.05, 3.63) is 59.4 Å². The standard InChI is InChI=1S/C15H17NO2/c1-11-5-3-7-14(16-11)10-18-15-8-4-6-13(9-15)12(2)17/h3-9,12,17H,10H2,1-2H3/t12-/m1/s1. The van der Waals surface area contributed by atoms with Crippen molar-refractivity contribution in [2.45, 2.75) is 26.6 Å². The zero-order chi connectivity index (χ0) is 13.0. The van der Waals surface area contributed by atoms with Crippen LogP contribution in [0.5, 0.6) is 5.75 Å². The van der Waals surface area contributed by atoms with Crippen LogP contribution in [0, 0.1) is 6.92 Å². The molecule has 1 heterocycles. The minimum Gasteiger partial charge on any atom is -0.487 e. The molecule has 0 unspecified atom stereocenters. The van der Waals surface area contributed by atoms with Crippen molar-refractivity contribution in [2.24, 2.45) is 0 Å². The summed E-state index contributed by atoms with van der Waals surface area (Å²) >= 11 is 0. The van der Waals surface area contributed by atoms with Gasteiger partial charge in [-0.05, 0) is 43.7 Å². The van der Waals surface area contributed by atoms with Crippen LogP contribution in [0.3, 0.4) is 0 Å². The van der Waals surface area contributed by atoms with Gasteiger partial charge >= 0.3 is 0 Å². The molecule has 0 amide bonds. The van der Waals surface area contributed by atoms with Crippen LogP contribution >= 0.6 is 0 Å². The van der Waals surface area contributed by atoms with Crippen LogP contribution in [-0.2, 0) is 6.61 Å². The van der Waals surface area contributed by atoms with Crippen molar-refractivity contribution in [1.82, 2.24) is 4.98 Å². The highest BCUT2D eigenvalue weighted by Gasteiger charge is 2.03. The molecule has 1 atom stereocenters. The Morgan fingerprint density at radius 1 is 1.22 bits per heavy atom. The van der Waals surface area contributed by atoms with E-state index in [2.05, 4.69) is 4.98 Å². The molecule has 1 aromatic carbocycles. The van der Waals surface area contributed by atoms with E-state index in [1.54, 1.807) is 6.92 Å². The van der Waals surface area contributed by atoms with Crippen molar-refractivity contribution in [3.8, 4) is 5.75 Å². The molecule has 0 fully saturated rings. The first-order chi connectivity index (χ1) is 8.65. The van der Waals surface area contributed by atoms with Crippen molar-refractivity contribution >= 4 is 0 Å². The van der Waals surface area contributed by atoms with Gasteiger partial charge < -0.3 is 9.84 Å². The van der Waals surface area contributed by atoms with Gasteiger partial charge in [-0.3, -0.25) is 4.98 Å². The number of aliphatic hydroxyl groups is 1. The minimum atomic E-state index is -0.481. The fourth-order valence-electron chi connectivity index (χ4n) is 1.70. The maximum atomic E-state index is 9.50. The molecule has 0 bridgehead atoms. The first kappa shape index (κ1) is 12.6. The van der Waals surface area contributed by atoms with Gasteiger partial charge in [0.05, 0.1) is 11.8 Å². The molecular weight excluding hydrogens is 226 g/mol. The van der Waals surface area contributed by atoms with E-state index in [0.717, 1.165) is 22.7 Å². The van der Waals surface area contributed by atoms with Gasteiger partial charge in [0.15, 0.2) is 0 Å². The van der Waals surface area contributed by atoms with Crippen LogP contribution in [0.15, 0.2) is 42.5 Å². The molecule has 3 nitrogen and oxygen atoms in total. The number of hydrogen-bond acceptors (Lipinski definition) is 3. The first-order valence-electron chi connectivity index (χ1n) is 5.98. The highest BCUT2D eigenvalue weighted by atomic mass is 16.5. The Hall–Kier alpha value is -1.87.